The molecule has 1 N–H and O–H groups in total. The Kier molecular flexibility index (Phi) is 5.24. The van der Waals surface area contributed by atoms with Crippen LogP contribution in [0.4, 0.5) is 10.5 Å². The predicted molar refractivity (Wildman–Crippen MR) is 111 cm³/mol. The number of urea groups is 1. The molecule has 1 fully saturated rings. The van der Waals surface area contributed by atoms with E-state index in [0.717, 1.165) is 35.4 Å². The molecule has 4 rings (SSSR count). The van der Waals surface area contributed by atoms with Crippen LogP contribution in [0.5, 0.6) is 0 Å². The van der Waals surface area contributed by atoms with Gasteiger partial charge in [-0.3, -0.25) is 4.90 Å². The van der Waals surface area contributed by atoms with Gasteiger partial charge in [-0.25, -0.2) is 9.78 Å². The van der Waals surface area contributed by atoms with Crippen molar-refractivity contribution in [1.82, 2.24) is 14.8 Å². The SMILES string of the molecule is Cc1ccc(NC(=O)N2CCN(Cc3nc4cc(Cl)ccc4o3)CC2)c(C)c1. The number of carbonyl (C=O) groups is 1. The van der Waals surface area contributed by atoms with Gasteiger partial charge < -0.3 is 14.6 Å². The molecule has 146 valence electrons. The van der Waals surface area contributed by atoms with Crippen LogP contribution in [0.1, 0.15) is 17.0 Å². The van der Waals surface area contributed by atoms with E-state index in [1.54, 1.807) is 12.1 Å². The van der Waals surface area contributed by atoms with Crippen molar-refractivity contribution in [3.8, 4) is 0 Å². The predicted octanol–water partition coefficient (Wildman–Crippen LogP) is 4.45. The number of rotatable bonds is 3. The van der Waals surface area contributed by atoms with Crippen LogP contribution >= 0.6 is 11.6 Å². The highest BCUT2D eigenvalue weighted by molar-refractivity contribution is 6.31. The Bertz CT molecular complexity index is 1010. The maximum Gasteiger partial charge on any atom is 0.321 e. The highest BCUT2D eigenvalue weighted by atomic mass is 35.5. The van der Waals surface area contributed by atoms with Crippen LogP contribution < -0.4 is 5.32 Å². The zero-order valence-corrected chi connectivity index (χ0v) is 16.8. The number of hydrogen-bond donors (Lipinski definition) is 1. The van der Waals surface area contributed by atoms with Crippen molar-refractivity contribution >= 4 is 34.4 Å². The first kappa shape index (κ1) is 18.8. The van der Waals surface area contributed by atoms with Crippen LogP contribution in [-0.2, 0) is 6.54 Å². The minimum Gasteiger partial charge on any atom is -0.439 e. The lowest BCUT2D eigenvalue weighted by atomic mass is 10.1. The molecule has 3 aromatic rings. The third-order valence-electron chi connectivity index (χ3n) is 5.04. The zero-order valence-electron chi connectivity index (χ0n) is 16.0. The summed E-state index contributed by atoms with van der Waals surface area (Å²) in [6, 6.07) is 11.4. The summed E-state index contributed by atoms with van der Waals surface area (Å²) in [5.74, 6) is 0.672. The van der Waals surface area contributed by atoms with Crippen molar-refractivity contribution in [1.29, 1.82) is 0 Å². The molecule has 2 heterocycles. The Morgan fingerprint density at radius 3 is 2.68 bits per heavy atom. The van der Waals surface area contributed by atoms with E-state index in [9.17, 15) is 4.79 Å². The number of oxazole rings is 1. The van der Waals surface area contributed by atoms with Crippen LogP contribution in [0.25, 0.3) is 11.1 Å². The maximum atomic E-state index is 12.6. The molecule has 0 radical (unpaired) electrons. The van der Waals surface area contributed by atoms with Crippen molar-refractivity contribution < 1.29 is 9.21 Å². The molecule has 0 spiro atoms. The molecule has 1 aliphatic rings. The van der Waals surface area contributed by atoms with Crippen LogP contribution in [0.15, 0.2) is 40.8 Å². The number of fused-ring (bicyclic) bond motifs is 1. The number of aryl methyl sites for hydroxylation is 2. The first-order valence-electron chi connectivity index (χ1n) is 9.38. The standard InChI is InChI=1S/C21H23ClN4O2/c1-14-3-5-17(15(2)11-14)24-21(27)26-9-7-25(8-10-26)13-20-23-18-12-16(22)4-6-19(18)28-20/h3-6,11-12H,7-10,13H2,1-2H3,(H,24,27). The Morgan fingerprint density at radius 1 is 1.14 bits per heavy atom. The highest BCUT2D eigenvalue weighted by Crippen LogP contribution is 2.21. The number of nitrogens with zero attached hydrogens (tertiary/aromatic N) is 3. The fourth-order valence-electron chi connectivity index (χ4n) is 3.46. The highest BCUT2D eigenvalue weighted by Gasteiger charge is 2.22. The number of anilines is 1. The number of hydrogen-bond acceptors (Lipinski definition) is 4. The minimum atomic E-state index is -0.0527. The van der Waals surface area contributed by atoms with E-state index < -0.39 is 0 Å². The Morgan fingerprint density at radius 2 is 1.93 bits per heavy atom. The molecule has 7 heteroatoms. The molecular weight excluding hydrogens is 376 g/mol. The Labute approximate surface area is 169 Å². The fraction of sp³-hybridized carbons (Fsp3) is 0.333. The number of benzene rings is 2. The Balaban J connectivity index is 1.32. The van der Waals surface area contributed by atoms with E-state index in [1.807, 2.05) is 36.9 Å². The molecule has 1 aliphatic heterocycles. The first-order chi connectivity index (χ1) is 13.5. The third-order valence-corrected chi connectivity index (χ3v) is 5.27. The molecule has 2 amide bonds. The van der Waals surface area contributed by atoms with Gasteiger partial charge in [0.25, 0.3) is 0 Å². The van der Waals surface area contributed by atoms with Gasteiger partial charge in [-0.05, 0) is 43.7 Å². The maximum absolute atomic E-state index is 12.6. The van der Waals surface area contributed by atoms with E-state index in [2.05, 4.69) is 21.3 Å². The van der Waals surface area contributed by atoms with Crippen molar-refractivity contribution in [2.75, 3.05) is 31.5 Å². The average molecular weight is 399 g/mol. The van der Waals surface area contributed by atoms with Gasteiger partial charge in [0.15, 0.2) is 5.58 Å². The number of halogens is 1. The molecule has 0 atom stereocenters. The van der Waals surface area contributed by atoms with E-state index in [1.165, 1.54) is 5.56 Å². The Hall–Kier alpha value is -2.57. The summed E-state index contributed by atoms with van der Waals surface area (Å²) in [4.78, 5) is 21.2. The first-order valence-corrected chi connectivity index (χ1v) is 9.76. The normalized spacial score (nSPS) is 15.2. The summed E-state index contributed by atoms with van der Waals surface area (Å²) in [6.45, 7) is 7.57. The van der Waals surface area contributed by atoms with Gasteiger partial charge in [-0.1, -0.05) is 29.3 Å². The molecule has 6 nitrogen and oxygen atoms in total. The van der Waals surface area contributed by atoms with Crippen LogP contribution in [0.3, 0.4) is 0 Å². The molecule has 1 saturated heterocycles. The molecule has 0 saturated carbocycles. The van der Waals surface area contributed by atoms with E-state index in [0.29, 0.717) is 30.5 Å². The summed E-state index contributed by atoms with van der Waals surface area (Å²) in [7, 11) is 0. The van der Waals surface area contributed by atoms with Crippen LogP contribution in [0.2, 0.25) is 5.02 Å². The molecular formula is C21H23ClN4O2. The topological polar surface area (TPSA) is 61.6 Å². The van der Waals surface area contributed by atoms with Crippen molar-refractivity contribution in [3.63, 3.8) is 0 Å². The van der Waals surface area contributed by atoms with Gasteiger partial charge in [-0.15, -0.1) is 0 Å². The second kappa shape index (κ2) is 7.81. The van der Waals surface area contributed by atoms with E-state index in [-0.39, 0.29) is 6.03 Å². The monoisotopic (exact) mass is 398 g/mol. The van der Waals surface area contributed by atoms with Gasteiger partial charge in [0, 0.05) is 36.9 Å². The smallest absolute Gasteiger partial charge is 0.321 e. The zero-order chi connectivity index (χ0) is 19.7. The number of piperazine rings is 1. The van der Waals surface area contributed by atoms with E-state index >= 15 is 0 Å². The van der Waals surface area contributed by atoms with Gasteiger partial charge in [-0.2, -0.15) is 0 Å². The molecule has 0 unspecified atom stereocenters. The van der Waals surface area contributed by atoms with Gasteiger partial charge in [0.05, 0.1) is 6.54 Å². The quantitative estimate of drug-likeness (QED) is 0.708. The number of carbonyl (C=O) groups excluding carboxylic acids is 1. The molecule has 0 aliphatic carbocycles. The van der Waals surface area contributed by atoms with Crippen molar-refractivity contribution in [3.05, 3.63) is 58.4 Å². The van der Waals surface area contributed by atoms with Gasteiger partial charge in [0.1, 0.15) is 5.52 Å². The lowest BCUT2D eigenvalue weighted by Crippen LogP contribution is -2.49. The summed E-state index contributed by atoms with van der Waals surface area (Å²) < 4.78 is 5.80. The molecule has 0 bridgehead atoms. The molecule has 2 aromatic carbocycles. The van der Waals surface area contributed by atoms with Gasteiger partial charge in [0.2, 0.25) is 5.89 Å². The van der Waals surface area contributed by atoms with E-state index in [4.69, 9.17) is 16.0 Å². The molecule has 28 heavy (non-hydrogen) atoms. The number of aromatic nitrogens is 1. The summed E-state index contributed by atoms with van der Waals surface area (Å²) in [5.41, 5.74) is 4.64. The number of amides is 2. The third kappa shape index (κ3) is 4.13. The summed E-state index contributed by atoms with van der Waals surface area (Å²) in [6.07, 6.45) is 0. The van der Waals surface area contributed by atoms with Crippen LogP contribution in [0, 0.1) is 13.8 Å². The van der Waals surface area contributed by atoms with Gasteiger partial charge >= 0.3 is 6.03 Å². The lowest BCUT2D eigenvalue weighted by Gasteiger charge is -2.34. The average Bonchev–Trinajstić information content (AvgIpc) is 3.06. The lowest BCUT2D eigenvalue weighted by molar-refractivity contribution is 0.136. The summed E-state index contributed by atoms with van der Waals surface area (Å²) >= 11 is 6.01. The fourth-order valence-corrected chi connectivity index (χ4v) is 3.63. The largest absolute Gasteiger partial charge is 0.439 e. The second-order valence-electron chi connectivity index (χ2n) is 7.23. The summed E-state index contributed by atoms with van der Waals surface area (Å²) in [5, 5.41) is 3.67. The minimum absolute atomic E-state index is 0.0527. The molecule has 1 aromatic heterocycles. The van der Waals surface area contributed by atoms with Crippen molar-refractivity contribution in [2.45, 2.75) is 20.4 Å². The second-order valence-corrected chi connectivity index (χ2v) is 7.67. The van der Waals surface area contributed by atoms with Crippen LogP contribution in [-0.4, -0.2) is 47.0 Å². The van der Waals surface area contributed by atoms with Crippen molar-refractivity contribution in [2.24, 2.45) is 0 Å². The number of nitrogens with one attached hydrogen (secondary N) is 1.